The van der Waals surface area contributed by atoms with Crippen LogP contribution in [0.2, 0.25) is 0 Å². The van der Waals surface area contributed by atoms with E-state index in [1.54, 1.807) is 7.11 Å². The highest BCUT2D eigenvalue weighted by Gasteiger charge is 2.34. The summed E-state index contributed by atoms with van der Waals surface area (Å²) >= 11 is 1.44. The lowest BCUT2D eigenvalue weighted by atomic mass is 10.1. The van der Waals surface area contributed by atoms with Crippen molar-refractivity contribution < 1.29 is 19.4 Å². The molecule has 2 unspecified atom stereocenters. The van der Waals surface area contributed by atoms with Crippen molar-refractivity contribution in [3.63, 3.8) is 0 Å². The van der Waals surface area contributed by atoms with Crippen LogP contribution in [-0.2, 0) is 4.79 Å². The highest BCUT2D eigenvalue weighted by molar-refractivity contribution is 7.99. The summed E-state index contributed by atoms with van der Waals surface area (Å²) in [4.78, 5) is 24.6. The first-order valence-electron chi connectivity index (χ1n) is 6.54. The Morgan fingerprint density at radius 1 is 1.43 bits per heavy atom. The van der Waals surface area contributed by atoms with Crippen LogP contribution in [0.15, 0.2) is 24.3 Å². The van der Waals surface area contributed by atoms with Crippen molar-refractivity contribution in [3.8, 4) is 5.75 Å². The van der Waals surface area contributed by atoms with Gasteiger partial charge in [-0.3, -0.25) is 0 Å². The molecule has 6 nitrogen and oxygen atoms in total. The van der Waals surface area contributed by atoms with Crippen molar-refractivity contribution in [1.82, 2.24) is 10.2 Å². The number of ether oxygens (including phenoxy) is 1. The minimum atomic E-state index is -0.966. The minimum Gasteiger partial charge on any atom is -0.497 e. The van der Waals surface area contributed by atoms with Gasteiger partial charge in [-0.05, 0) is 24.6 Å². The van der Waals surface area contributed by atoms with E-state index >= 15 is 0 Å². The number of carbonyl (C=O) groups is 2. The monoisotopic (exact) mass is 310 g/mol. The Labute approximate surface area is 127 Å². The number of thioether (sulfide) groups is 1. The molecular weight excluding hydrogens is 292 g/mol. The van der Waals surface area contributed by atoms with Crippen molar-refractivity contribution in [1.29, 1.82) is 0 Å². The zero-order chi connectivity index (χ0) is 15.4. The van der Waals surface area contributed by atoms with E-state index < -0.39 is 12.0 Å². The van der Waals surface area contributed by atoms with Gasteiger partial charge in [0, 0.05) is 5.75 Å². The molecule has 0 radical (unpaired) electrons. The summed E-state index contributed by atoms with van der Waals surface area (Å²) in [5.74, 6) is 0.615. The molecule has 0 aromatic heterocycles. The third-order valence-electron chi connectivity index (χ3n) is 3.38. The number of carboxylic acid groups (broad SMARTS) is 1. The second kappa shape index (κ2) is 6.71. The number of nitrogens with one attached hydrogen (secondary N) is 1. The van der Waals surface area contributed by atoms with Crippen molar-refractivity contribution in [2.45, 2.75) is 19.0 Å². The summed E-state index contributed by atoms with van der Waals surface area (Å²) in [6.45, 7) is 1.86. The molecule has 114 valence electrons. The lowest BCUT2D eigenvalue weighted by molar-refractivity contribution is -0.140. The third-order valence-corrected chi connectivity index (χ3v) is 4.40. The summed E-state index contributed by atoms with van der Waals surface area (Å²) in [6, 6.07) is 6.08. The Kier molecular flexibility index (Phi) is 4.95. The number of methoxy groups -OCH3 is 1. The quantitative estimate of drug-likeness (QED) is 0.888. The molecule has 2 atom stereocenters. The van der Waals surface area contributed by atoms with Gasteiger partial charge >= 0.3 is 12.0 Å². The summed E-state index contributed by atoms with van der Waals surface area (Å²) < 4.78 is 5.09. The van der Waals surface area contributed by atoms with Crippen LogP contribution in [0, 0.1) is 0 Å². The molecule has 0 saturated carbocycles. The topological polar surface area (TPSA) is 78.9 Å². The highest BCUT2D eigenvalue weighted by Crippen LogP contribution is 2.22. The van der Waals surface area contributed by atoms with Crippen LogP contribution >= 0.6 is 11.8 Å². The molecule has 0 spiro atoms. The molecule has 7 heteroatoms. The van der Waals surface area contributed by atoms with Crippen molar-refractivity contribution in [2.75, 3.05) is 18.7 Å². The predicted molar refractivity (Wildman–Crippen MR) is 80.5 cm³/mol. The predicted octanol–water partition coefficient (Wildman–Crippen LogP) is 1.93. The first-order chi connectivity index (χ1) is 10.0. The van der Waals surface area contributed by atoms with Gasteiger partial charge in [0.1, 0.15) is 11.8 Å². The summed E-state index contributed by atoms with van der Waals surface area (Å²) in [5.41, 5.74) is 0.933. The zero-order valence-corrected chi connectivity index (χ0v) is 12.7. The first kappa shape index (κ1) is 15.5. The van der Waals surface area contributed by atoms with E-state index in [9.17, 15) is 9.59 Å². The van der Waals surface area contributed by atoms with Crippen molar-refractivity contribution in [2.24, 2.45) is 0 Å². The fourth-order valence-corrected chi connectivity index (χ4v) is 3.24. The highest BCUT2D eigenvalue weighted by atomic mass is 32.2. The number of aliphatic carboxylic acids is 1. The maximum absolute atomic E-state index is 12.2. The second-order valence-electron chi connectivity index (χ2n) is 4.77. The lowest BCUT2D eigenvalue weighted by Gasteiger charge is -2.23. The Morgan fingerprint density at radius 2 is 2.10 bits per heavy atom. The van der Waals surface area contributed by atoms with Gasteiger partial charge in [0.15, 0.2) is 0 Å². The average Bonchev–Trinajstić information content (AvgIpc) is 2.97. The Hall–Kier alpha value is -1.89. The molecule has 1 aliphatic rings. The number of benzene rings is 1. The molecular formula is C14H18N2O4S. The van der Waals surface area contributed by atoms with Crippen molar-refractivity contribution in [3.05, 3.63) is 29.8 Å². The van der Waals surface area contributed by atoms with E-state index in [-0.39, 0.29) is 12.1 Å². The van der Waals surface area contributed by atoms with E-state index in [4.69, 9.17) is 9.84 Å². The van der Waals surface area contributed by atoms with Gasteiger partial charge in [0.25, 0.3) is 0 Å². The van der Waals surface area contributed by atoms with E-state index in [1.807, 2.05) is 31.2 Å². The normalized spacial score (nSPS) is 19.1. The maximum atomic E-state index is 12.2. The molecule has 0 aliphatic carbocycles. The first-order valence-corrected chi connectivity index (χ1v) is 7.70. The van der Waals surface area contributed by atoms with Crippen LogP contribution < -0.4 is 10.1 Å². The molecule has 1 heterocycles. The van der Waals surface area contributed by atoms with Crippen LogP contribution in [0.4, 0.5) is 4.79 Å². The molecule has 2 amide bonds. The maximum Gasteiger partial charge on any atom is 0.327 e. The average molecular weight is 310 g/mol. The fourth-order valence-electron chi connectivity index (χ4n) is 2.09. The summed E-state index contributed by atoms with van der Waals surface area (Å²) in [6.07, 6.45) is 0. The van der Waals surface area contributed by atoms with Gasteiger partial charge in [-0.15, -0.1) is 11.8 Å². The molecule has 1 aromatic carbocycles. The summed E-state index contributed by atoms with van der Waals surface area (Å²) in [7, 11) is 1.59. The zero-order valence-electron chi connectivity index (χ0n) is 11.9. The van der Waals surface area contributed by atoms with Crippen LogP contribution in [0.25, 0.3) is 0 Å². The van der Waals surface area contributed by atoms with Crippen LogP contribution in [0.3, 0.4) is 0 Å². The molecule has 1 aromatic rings. The second-order valence-corrected chi connectivity index (χ2v) is 5.77. The number of rotatable bonds is 4. The van der Waals surface area contributed by atoms with Gasteiger partial charge in [-0.2, -0.15) is 0 Å². The number of nitrogens with zero attached hydrogens (tertiary/aromatic N) is 1. The molecule has 1 saturated heterocycles. The number of hydrogen-bond donors (Lipinski definition) is 2. The largest absolute Gasteiger partial charge is 0.497 e. The van der Waals surface area contributed by atoms with Gasteiger partial charge < -0.3 is 20.1 Å². The Balaban J connectivity index is 1.99. The molecule has 1 aliphatic heterocycles. The van der Waals surface area contributed by atoms with E-state index in [0.717, 1.165) is 11.3 Å². The van der Waals surface area contributed by atoms with Crippen molar-refractivity contribution >= 4 is 23.8 Å². The standard InChI is InChI=1S/C14H18N2O4S/c1-9(10-3-5-11(20-2)6-4-10)15-14(19)16-8-21-7-12(16)13(17)18/h3-6,9,12H,7-8H2,1-2H3,(H,15,19)(H,17,18). The smallest absolute Gasteiger partial charge is 0.327 e. The van der Waals surface area contributed by atoms with Gasteiger partial charge in [-0.25, -0.2) is 9.59 Å². The van der Waals surface area contributed by atoms with Crippen LogP contribution in [0.5, 0.6) is 5.75 Å². The van der Waals surface area contributed by atoms with E-state index in [2.05, 4.69) is 5.32 Å². The number of carboxylic acids is 1. The Bertz CT molecular complexity index is 520. The molecule has 0 bridgehead atoms. The number of amides is 2. The van der Waals surface area contributed by atoms with Gasteiger partial charge in [0.05, 0.1) is 19.0 Å². The summed E-state index contributed by atoms with van der Waals surface area (Å²) in [5, 5.41) is 11.9. The molecule has 2 rings (SSSR count). The van der Waals surface area contributed by atoms with E-state index in [1.165, 1.54) is 16.7 Å². The third kappa shape index (κ3) is 3.60. The number of carbonyl (C=O) groups excluding carboxylic acids is 1. The minimum absolute atomic E-state index is 0.205. The molecule has 21 heavy (non-hydrogen) atoms. The van der Waals surface area contributed by atoms with Gasteiger partial charge in [-0.1, -0.05) is 12.1 Å². The van der Waals surface area contributed by atoms with Gasteiger partial charge in [0.2, 0.25) is 0 Å². The number of urea groups is 1. The SMILES string of the molecule is COc1ccc(C(C)NC(=O)N2CSCC2C(=O)O)cc1. The van der Waals surface area contributed by atoms with E-state index in [0.29, 0.717) is 11.6 Å². The Morgan fingerprint density at radius 3 is 2.67 bits per heavy atom. The fraction of sp³-hybridized carbons (Fsp3) is 0.429. The van der Waals surface area contributed by atoms with Crippen LogP contribution in [-0.4, -0.2) is 46.8 Å². The molecule has 2 N–H and O–H groups in total. The lowest BCUT2D eigenvalue weighted by Crippen LogP contribution is -2.47. The molecule has 1 fully saturated rings. The van der Waals surface area contributed by atoms with Crippen LogP contribution in [0.1, 0.15) is 18.5 Å². The number of hydrogen-bond acceptors (Lipinski definition) is 4.